The second-order valence-electron chi connectivity index (χ2n) is 14.2. The fourth-order valence-electron chi connectivity index (χ4n) is 5.34. The summed E-state index contributed by atoms with van der Waals surface area (Å²) < 4.78 is 29.7. The lowest BCUT2D eigenvalue weighted by Crippen LogP contribution is -2.38. The molecule has 1 amide bonds. The molecule has 0 aliphatic rings. The summed E-state index contributed by atoms with van der Waals surface area (Å²) in [5.74, 6) is -0.0803. The van der Waals surface area contributed by atoms with E-state index in [1.165, 1.54) is 103 Å². The van der Waals surface area contributed by atoms with E-state index in [4.69, 9.17) is 18.9 Å². The van der Waals surface area contributed by atoms with E-state index in [9.17, 15) is 14.3 Å². The minimum absolute atomic E-state index is 0.0803. The molecule has 0 rings (SSSR count). The number of aliphatic hydroxyl groups is 1. The lowest BCUT2D eigenvalue weighted by Gasteiger charge is -2.25. The molecule has 0 spiro atoms. The largest absolute Gasteiger partial charge is 0.472 e. The van der Waals surface area contributed by atoms with Crippen LogP contribution in [0.15, 0.2) is 0 Å². The molecule has 0 aliphatic carbocycles. The van der Waals surface area contributed by atoms with Crippen LogP contribution in [0.2, 0.25) is 0 Å². The summed E-state index contributed by atoms with van der Waals surface area (Å²) in [6, 6.07) is 0. The van der Waals surface area contributed by atoms with Crippen LogP contribution in [0, 0.1) is 0 Å². The zero-order valence-electron chi connectivity index (χ0n) is 30.6. The second-order valence-corrected chi connectivity index (χ2v) is 15.6. The Morgan fingerprint density at radius 3 is 1.63 bits per heavy atom. The highest BCUT2D eigenvalue weighted by molar-refractivity contribution is 7.47. The van der Waals surface area contributed by atoms with Crippen molar-refractivity contribution in [3.63, 3.8) is 0 Å². The minimum Gasteiger partial charge on any atom is -0.396 e. The lowest BCUT2D eigenvalue weighted by molar-refractivity contribution is -0.870. The van der Waals surface area contributed by atoms with Crippen molar-refractivity contribution in [3.05, 3.63) is 0 Å². The number of carbonyl (C=O) groups is 1. The van der Waals surface area contributed by atoms with Crippen LogP contribution in [0.3, 0.4) is 0 Å². The first kappa shape index (κ1) is 45.5. The summed E-state index contributed by atoms with van der Waals surface area (Å²) in [4.78, 5) is 22.8. The number of phosphoric ester groups is 1. The van der Waals surface area contributed by atoms with Gasteiger partial charge in [-0.1, -0.05) is 135 Å². The van der Waals surface area contributed by atoms with Gasteiger partial charge in [-0.25, -0.2) is 4.57 Å². The molecule has 0 saturated heterocycles. The van der Waals surface area contributed by atoms with Crippen LogP contribution in [0.1, 0.15) is 161 Å². The molecule has 0 aliphatic heterocycles. The van der Waals surface area contributed by atoms with Gasteiger partial charge in [-0.3, -0.25) is 13.8 Å². The van der Waals surface area contributed by atoms with Gasteiger partial charge in [0.2, 0.25) is 5.91 Å². The fourth-order valence-corrected chi connectivity index (χ4v) is 6.23. The van der Waals surface area contributed by atoms with Gasteiger partial charge in [0, 0.05) is 26.2 Å². The van der Waals surface area contributed by atoms with Gasteiger partial charge in [0.1, 0.15) is 19.3 Å². The fraction of sp³-hybridized carbons (Fsp3) is 0.972. The Morgan fingerprint density at radius 2 is 1.15 bits per heavy atom. The maximum absolute atomic E-state index is 12.6. The average Bonchev–Trinajstić information content (AvgIpc) is 2.99. The number of amides is 1. The molecule has 2 atom stereocenters. The van der Waals surface area contributed by atoms with E-state index >= 15 is 0 Å². The van der Waals surface area contributed by atoms with E-state index in [2.05, 4.69) is 12.2 Å². The highest BCUT2D eigenvalue weighted by Gasteiger charge is 2.28. The van der Waals surface area contributed by atoms with Crippen LogP contribution in [-0.4, -0.2) is 87.2 Å². The summed E-state index contributed by atoms with van der Waals surface area (Å²) in [5, 5.41) is 11.7. The van der Waals surface area contributed by atoms with E-state index in [1.54, 1.807) is 0 Å². The molecule has 0 aromatic rings. The molecule has 10 heteroatoms. The Morgan fingerprint density at radius 1 is 0.696 bits per heavy atom. The second kappa shape index (κ2) is 31.7. The molecule has 0 aromatic heterocycles. The van der Waals surface area contributed by atoms with Crippen LogP contribution >= 0.6 is 7.82 Å². The zero-order chi connectivity index (χ0) is 34.2. The number of carbonyl (C=O) groups excluding carboxylic acids is 1. The minimum atomic E-state index is -4.29. The first-order valence-electron chi connectivity index (χ1n) is 19.0. The maximum Gasteiger partial charge on any atom is 0.472 e. The molecule has 0 radical (unpaired) electrons. The molecule has 2 unspecified atom stereocenters. The van der Waals surface area contributed by atoms with Crippen LogP contribution in [0.5, 0.6) is 0 Å². The number of hydrogen-bond acceptors (Lipinski definition) is 6. The zero-order valence-corrected chi connectivity index (χ0v) is 31.5. The normalized spacial score (nSPS) is 14.0. The molecular formula is C36H76N2O7P+. The Hall–Kier alpha value is -0.540. The van der Waals surface area contributed by atoms with E-state index in [0.717, 1.165) is 44.9 Å². The molecule has 9 nitrogen and oxygen atoms in total. The van der Waals surface area contributed by atoms with Gasteiger partial charge >= 0.3 is 7.82 Å². The highest BCUT2D eigenvalue weighted by Crippen LogP contribution is 2.44. The number of aliphatic hydroxyl groups excluding tert-OH is 1. The van der Waals surface area contributed by atoms with Crippen molar-refractivity contribution in [2.45, 2.75) is 167 Å². The van der Waals surface area contributed by atoms with Crippen molar-refractivity contribution in [1.29, 1.82) is 0 Å². The Kier molecular flexibility index (Phi) is 31.3. The number of hydrogen-bond donors (Lipinski definition) is 3. The number of phosphoric acid groups is 1. The SMILES string of the molecule is CCCCCCCCCCCCCCCCOCC(CNC(=O)CCCCCCCCCCCO)OP(=O)(O)OCC[N+](C)(C)C. The molecule has 0 fully saturated rings. The Bertz CT molecular complexity index is 721. The molecule has 276 valence electrons. The lowest BCUT2D eigenvalue weighted by atomic mass is 10.0. The first-order valence-corrected chi connectivity index (χ1v) is 20.5. The van der Waals surface area contributed by atoms with E-state index in [-0.39, 0.29) is 32.3 Å². The van der Waals surface area contributed by atoms with Gasteiger partial charge in [-0.2, -0.15) is 0 Å². The third kappa shape index (κ3) is 34.8. The summed E-state index contributed by atoms with van der Waals surface area (Å²) >= 11 is 0. The van der Waals surface area contributed by atoms with E-state index < -0.39 is 13.9 Å². The number of ether oxygens (including phenoxy) is 1. The topological polar surface area (TPSA) is 114 Å². The van der Waals surface area contributed by atoms with Gasteiger partial charge < -0.3 is 24.5 Å². The third-order valence-corrected chi connectivity index (χ3v) is 9.41. The molecule has 0 heterocycles. The van der Waals surface area contributed by atoms with Crippen LogP contribution < -0.4 is 5.32 Å². The summed E-state index contributed by atoms with van der Waals surface area (Å²) in [6.07, 6.45) is 27.5. The third-order valence-electron chi connectivity index (χ3n) is 8.33. The van der Waals surface area contributed by atoms with Gasteiger partial charge in [-0.15, -0.1) is 0 Å². The van der Waals surface area contributed by atoms with Crippen LogP contribution in [0.25, 0.3) is 0 Å². The monoisotopic (exact) mass is 680 g/mol. The quantitative estimate of drug-likeness (QED) is 0.0345. The van der Waals surface area contributed by atoms with Gasteiger partial charge in [-0.05, 0) is 19.3 Å². The predicted octanol–water partition coefficient (Wildman–Crippen LogP) is 8.70. The Labute approximate surface area is 284 Å². The maximum atomic E-state index is 12.6. The molecular weight excluding hydrogens is 603 g/mol. The number of nitrogens with one attached hydrogen (secondary N) is 1. The van der Waals surface area contributed by atoms with E-state index in [1.807, 2.05) is 21.1 Å². The van der Waals surface area contributed by atoms with E-state index in [0.29, 0.717) is 24.1 Å². The Balaban J connectivity index is 4.22. The number of likely N-dealkylation sites (N-methyl/N-ethyl adjacent to an activating group) is 1. The molecule has 3 N–H and O–H groups in total. The smallest absolute Gasteiger partial charge is 0.396 e. The van der Waals surface area contributed by atoms with Gasteiger partial charge in [0.25, 0.3) is 0 Å². The van der Waals surface area contributed by atoms with Crippen LogP contribution in [-0.2, 0) is 23.1 Å². The highest BCUT2D eigenvalue weighted by atomic mass is 31.2. The summed E-state index contributed by atoms with van der Waals surface area (Å²) in [7, 11) is 1.66. The number of rotatable bonds is 36. The first-order chi connectivity index (χ1) is 22.1. The van der Waals surface area contributed by atoms with Crippen LogP contribution in [0.4, 0.5) is 0 Å². The molecule has 46 heavy (non-hydrogen) atoms. The van der Waals surface area contributed by atoms with Crippen molar-refractivity contribution in [1.82, 2.24) is 5.32 Å². The number of unbranched alkanes of at least 4 members (excludes halogenated alkanes) is 21. The summed E-state index contributed by atoms with van der Waals surface area (Å²) in [6.45, 7) is 4.00. The van der Waals surface area contributed by atoms with Crippen molar-refractivity contribution in [2.24, 2.45) is 0 Å². The van der Waals surface area contributed by atoms with Gasteiger partial charge in [0.05, 0.1) is 27.7 Å². The molecule has 0 saturated carbocycles. The van der Waals surface area contributed by atoms with Gasteiger partial charge in [0.15, 0.2) is 0 Å². The average molecular weight is 680 g/mol. The number of nitrogens with zero attached hydrogens (tertiary/aromatic N) is 1. The number of quaternary nitrogens is 1. The summed E-state index contributed by atoms with van der Waals surface area (Å²) in [5.41, 5.74) is 0. The standard InChI is InChI=1S/C36H75N2O7P/c1-5-6-7-8-9-10-11-12-13-14-18-21-24-27-31-43-34-35(45-46(41,42)44-32-29-38(2,3)4)33-37-36(40)28-25-22-19-16-15-17-20-23-26-30-39/h35,39H,5-34H2,1-4H3,(H-,37,40,41,42)/p+1. The molecule has 0 bridgehead atoms. The van der Waals surface area contributed by atoms with Crippen molar-refractivity contribution >= 4 is 13.7 Å². The van der Waals surface area contributed by atoms with Crippen molar-refractivity contribution < 1.29 is 37.6 Å². The van der Waals surface area contributed by atoms with Crippen molar-refractivity contribution in [2.75, 3.05) is 60.7 Å². The molecule has 0 aromatic carbocycles. The predicted molar refractivity (Wildman–Crippen MR) is 191 cm³/mol. The van der Waals surface area contributed by atoms with Crippen molar-refractivity contribution in [3.8, 4) is 0 Å².